The van der Waals surface area contributed by atoms with E-state index in [1.807, 2.05) is 42.0 Å². The fourth-order valence-electron chi connectivity index (χ4n) is 3.02. The molecule has 1 atom stereocenters. The van der Waals surface area contributed by atoms with E-state index in [9.17, 15) is 9.59 Å². The molecule has 0 spiro atoms. The Labute approximate surface area is 173 Å². The van der Waals surface area contributed by atoms with Gasteiger partial charge >= 0.3 is 0 Å². The number of nitrogens with zero attached hydrogens (tertiary/aromatic N) is 2. The molecule has 0 aliphatic rings. The van der Waals surface area contributed by atoms with Gasteiger partial charge in [-0.2, -0.15) is 0 Å². The monoisotopic (exact) mass is 400 g/mol. The van der Waals surface area contributed by atoms with E-state index in [4.69, 9.17) is 4.42 Å². The number of nitrogens with one attached hydrogen (secondary N) is 2. The maximum absolute atomic E-state index is 12.6. The average Bonchev–Trinajstić information content (AvgIpc) is 3.48. The second-order valence-corrected chi connectivity index (χ2v) is 6.77. The zero-order valence-electron chi connectivity index (χ0n) is 16.3. The number of benzene rings is 2. The zero-order valence-corrected chi connectivity index (χ0v) is 16.3. The number of furan rings is 1. The van der Waals surface area contributed by atoms with Crippen molar-refractivity contribution in [3.8, 4) is 5.69 Å². The molecule has 0 bridgehead atoms. The topological polar surface area (TPSA) is 89.2 Å². The van der Waals surface area contributed by atoms with Crippen molar-refractivity contribution in [2.75, 3.05) is 5.32 Å². The van der Waals surface area contributed by atoms with Crippen LogP contribution in [0.15, 0.2) is 90.1 Å². The molecule has 4 rings (SSSR count). The molecule has 0 unspecified atom stereocenters. The Morgan fingerprint density at radius 2 is 1.77 bits per heavy atom. The molecule has 2 amide bonds. The Kier molecular flexibility index (Phi) is 5.43. The minimum atomic E-state index is -0.343. The third kappa shape index (κ3) is 4.30. The van der Waals surface area contributed by atoms with Crippen molar-refractivity contribution in [1.82, 2.24) is 14.9 Å². The van der Waals surface area contributed by atoms with Crippen LogP contribution in [0.5, 0.6) is 0 Å². The number of amides is 2. The molecule has 2 aromatic heterocycles. The molecule has 0 saturated carbocycles. The quantitative estimate of drug-likeness (QED) is 0.507. The van der Waals surface area contributed by atoms with Crippen molar-refractivity contribution in [1.29, 1.82) is 0 Å². The summed E-state index contributed by atoms with van der Waals surface area (Å²) in [5, 5.41) is 5.71. The number of hydrogen-bond donors (Lipinski definition) is 2. The summed E-state index contributed by atoms with van der Waals surface area (Å²) in [5.41, 5.74) is 3.08. The van der Waals surface area contributed by atoms with Gasteiger partial charge in [-0.15, -0.1) is 0 Å². The van der Waals surface area contributed by atoms with E-state index in [0.29, 0.717) is 11.3 Å². The molecule has 4 aromatic rings. The molecule has 0 saturated heterocycles. The fourth-order valence-corrected chi connectivity index (χ4v) is 3.02. The fraction of sp³-hybridized carbons (Fsp3) is 0.0870. The van der Waals surface area contributed by atoms with Crippen LogP contribution in [0.1, 0.15) is 39.4 Å². The standard InChI is InChI=1S/C23H20N4O3/c1-16(17-6-10-20(11-7-17)27-13-12-24-15-27)25-22(28)18-4-8-19(9-5-18)26-23(29)21-3-2-14-30-21/h2-16H,1H3,(H,25,28)(H,26,29)/t16-/m0/s1. The van der Waals surface area contributed by atoms with Crippen LogP contribution in [0.2, 0.25) is 0 Å². The largest absolute Gasteiger partial charge is 0.459 e. The molecule has 2 heterocycles. The SMILES string of the molecule is C[C@H](NC(=O)c1ccc(NC(=O)c2ccco2)cc1)c1ccc(-n2ccnc2)cc1. The average molecular weight is 400 g/mol. The van der Waals surface area contributed by atoms with Crippen molar-refractivity contribution in [2.45, 2.75) is 13.0 Å². The van der Waals surface area contributed by atoms with E-state index in [2.05, 4.69) is 15.6 Å². The van der Waals surface area contributed by atoms with E-state index in [1.165, 1.54) is 6.26 Å². The molecular formula is C23H20N4O3. The highest BCUT2D eigenvalue weighted by atomic mass is 16.3. The van der Waals surface area contributed by atoms with Gasteiger partial charge in [-0.3, -0.25) is 9.59 Å². The molecule has 0 fully saturated rings. The summed E-state index contributed by atoms with van der Waals surface area (Å²) < 4.78 is 6.98. The Balaban J connectivity index is 1.36. The van der Waals surface area contributed by atoms with Gasteiger partial charge in [0.15, 0.2) is 5.76 Å². The van der Waals surface area contributed by atoms with Gasteiger partial charge in [0.1, 0.15) is 0 Å². The molecule has 7 nitrogen and oxygen atoms in total. The number of hydrogen-bond acceptors (Lipinski definition) is 4. The molecule has 2 aromatic carbocycles. The van der Waals surface area contributed by atoms with Crippen LogP contribution < -0.4 is 10.6 Å². The van der Waals surface area contributed by atoms with E-state index >= 15 is 0 Å². The van der Waals surface area contributed by atoms with Gasteiger partial charge in [0, 0.05) is 29.3 Å². The van der Waals surface area contributed by atoms with Crippen LogP contribution in [0.4, 0.5) is 5.69 Å². The number of rotatable bonds is 6. The lowest BCUT2D eigenvalue weighted by atomic mass is 10.1. The lowest BCUT2D eigenvalue weighted by molar-refractivity contribution is 0.0939. The van der Waals surface area contributed by atoms with Crippen LogP contribution in [-0.4, -0.2) is 21.4 Å². The summed E-state index contributed by atoms with van der Waals surface area (Å²) in [4.78, 5) is 28.6. The zero-order chi connectivity index (χ0) is 20.9. The lowest BCUT2D eigenvalue weighted by Crippen LogP contribution is -2.26. The first-order valence-corrected chi connectivity index (χ1v) is 9.44. The summed E-state index contributed by atoms with van der Waals surface area (Å²) in [6, 6.07) is 17.7. The highest BCUT2D eigenvalue weighted by Gasteiger charge is 2.13. The summed E-state index contributed by atoms with van der Waals surface area (Å²) in [7, 11) is 0. The highest BCUT2D eigenvalue weighted by Crippen LogP contribution is 2.17. The van der Waals surface area contributed by atoms with Crippen LogP contribution in [0.25, 0.3) is 5.69 Å². The summed E-state index contributed by atoms with van der Waals surface area (Å²) in [6.07, 6.45) is 6.78. The van der Waals surface area contributed by atoms with Crippen molar-refractivity contribution < 1.29 is 14.0 Å². The van der Waals surface area contributed by atoms with Crippen LogP contribution in [0, 0.1) is 0 Å². The first-order valence-electron chi connectivity index (χ1n) is 9.44. The van der Waals surface area contributed by atoms with Crippen molar-refractivity contribution in [3.05, 3.63) is 103 Å². The summed E-state index contributed by atoms with van der Waals surface area (Å²) in [6.45, 7) is 1.93. The minimum absolute atomic E-state index is 0.160. The van der Waals surface area contributed by atoms with Crippen LogP contribution >= 0.6 is 0 Å². The van der Waals surface area contributed by atoms with Gasteiger partial charge in [0.25, 0.3) is 11.8 Å². The van der Waals surface area contributed by atoms with Gasteiger partial charge in [-0.25, -0.2) is 4.98 Å². The third-order valence-corrected chi connectivity index (χ3v) is 4.69. The smallest absolute Gasteiger partial charge is 0.291 e. The normalized spacial score (nSPS) is 11.6. The highest BCUT2D eigenvalue weighted by molar-refractivity contribution is 6.02. The van der Waals surface area contributed by atoms with Gasteiger partial charge in [-0.05, 0) is 61.0 Å². The van der Waals surface area contributed by atoms with E-state index in [1.54, 1.807) is 48.9 Å². The third-order valence-electron chi connectivity index (χ3n) is 4.69. The Bertz CT molecular complexity index is 1120. The van der Waals surface area contributed by atoms with E-state index in [0.717, 1.165) is 11.3 Å². The maximum atomic E-state index is 12.6. The van der Waals surface area contributed by atoms with Crippen molar-refractivity contribution in [2.24, 2.45) is 0 Å². The van der Waals surface area contributed by atoms with Crippen molar-refractivity contribution in [3.63, 3.8) is 0 Å². The number of anilines is 1. The van der Waals surface area contributed by atoms with E-state index in [-0.39, 0.29) is 23.6 Å². The number of aromatic nitrogens is 2. The molecule has 30 heavy (non-hydrogen) atoms. The molecular weight excluding hydrogens is 380 g/mol. The number of carbonyl (C=O) groups is 2. The minimum Gasteiger partial charge on any atom is -0.459 e. The van der Waals surface area contributed by atoms with Gasteiger partial charge in [0.2, 0.25) is 0 Å². The van der Waals surface area contributed by atoms with E-state index < -0.39 is 0 Å². The molecule has 150 valence electrons. The Hall–Kier alpha value is -4.13. The first-order chi connectivity index (χ1) is 14.6. The second-order valence-electron chi connectivity index (χ2n) is 6.77. The number of imidazole rings is 1. The van der Waals surface area contributed by atoms with Gasteiger partial charge < -0.3 is 19.6 Å². The molecule has 2 N–H and O–H groups in total. The Morgan fingerprint density at radius 1 is 1.00 bits per heavy atom. The maximum Gasteiger partial charge on any atom is 0.291 e. The molecule has 0 aliphatic heterocycles. The molecule has 7 heteroatoms. The molecule has 0 radical (unpaired) electrons. The summed E-state index contributed by atoms with van der Waals surface area (Å²) in [5.74, 6) is -0.306. The predicted octanol–water partition coefficient (Wildman–Crippen LogP) is 4.21. The van der Waals surface area contributed by atoms with Crippen LogP contribution in [0.3, 0.4) is 0 Å². The summed E-state index contributed by atoms with van der Waals surface area (Å²) >= 11 is 0. The lowest BCUT2D eigenvalue weighted by Gasteiger charge is -2.15. The second kappa shape index (κ2) is 8.48. The first kappa shape index (κ1) is 19.2. The van der Waals surface area contributed by atoms with Gasteiger partial charge in [0.05, 0.1) is 18.6 Å². The number of carbonyl (C=O) groups excluding carboxylic acids is 2. The Morgan fingerprint density at radius 3 is 2.40 bits per heavy atom. The molecule has 0 aliphatic carbocycles. The van der Waals surface area contributed by atoms with Crippen molar-refractivity contribution >= 4 is 17.5 Å². The predicted molar refractivity (Wildman–Crippen MR) is 113 cm³/mol. The van der Waals surface area contributed by atoms with Crippen LogP contribution in [-0.2, 0) is 0 Å². The van der Waals surface area contributed by atoms with Gasteiger partial charge in [-0.1, -0.05) is 12.1 Å².